The molecule has 0 N–H and O–H groups in total. The summed E-state index contributed by atoms with van der Waals surface area (Å²) in [5.41, 5.74) is -0.601. The Balaban J connectivity index is 4.11. The van der Waals surface area contributed by atoms with Gasteiger partial charge in [0, 0.05) is 6.42 Å². The molecule has 0 aliphatic rings. The fourth-order valence-corrected chi connectivity index (χ4v) is 3.50. The summed E-state index contributed by atoms with van der Waals surface area (Å²) in [7, 11) is 0. The number of rotatable bonds is 17. The molecule has 0 aromatic rings. The number of carbonyl (C=O) groups is 4. The maximum atomic E-state index is 12.3. The molecule has 0 aliphatic carbocycles. The van der Waals surface area contributed by atoms with Gasteiger partial charge in [0.15, 0.2) is 11.7 Å². The van der Waals surface area contributed by atoms with Crippen molar-refractivity contribution in [2.45, 2.75) is 83.8 Å². The fourth-order valence-electron chi connectivity index (χ4n) is 3.04. The summed E-state index contributed by atoms with van der Waals surface area (Å²) in [6.07, 6.45) is 9.34. The molecule has 0 saturated carbocycles. The summed E-state index contributed by atoms with van der Waals surface area (Å²) in [5, 5.41) is -0.991. The second kappa shape index (κ2) is 20.1. The van der Waals surface area contributed by atoms with E-state index in [9.17, 15) is 19.2 Å². The maximum absolute atomic E-state index is 12.3. The smallest absolute Gasteiger partial charge is 0.367 e. The first-order valence-corrected chi connectivity index (χ1v) is 14.4. The van der Waals surface area contributed by atoms with Crippen LogP contribution in [0.5, 0.6) is 0 Å². The maximum Gasteiger partial charge on any atom is 0.367 e. The van der Waals surface area contributed by atoms with Gasteiger partial charge in [-0.15, -0.1) is 0 Å². The fraction of sp³-hybridized carbons (Fsp3) is 0.826. The Kier molecular flexibility index (Phi) is 19.4. The summed E-state index contributed by atoms with van der Waals surface area (Å²) in [4.78, 5) is 46.7. The average Bonchev–Trinajstić information content (AvgIpc) is 2.78. The van der Waals surface area contributed by atoms with Gasteiger partial charge in [0.25, 0.3) is 0 Å². The van der Waals surface area contributed by atoms with Gasteiger partial charge in [0.2, 0.25) is 0 Å². The zero-order valence-electron chi connectivity index (χ0n) is 20.8. The summed E-state index contributed by atoms with van der Waals surface area (Å²) < 4.78 is 20.4. The number of thioether (sulfide) groups is 2. The molecule has 198 valence electrons. The second-order valence-corrected chi connectivity index (χ2v) is 10.3. The quantitative estimate of drug-likeness (QED) is 0.0884. The lowest BCUT2D eigenvalue weighted by Gasteiger charge is -2.19. The third kappa shape index (κ3) is 18.2. The predicted molar refractivity (Wildman–Crippen MR) is 136 cm³/mol. The third-order valence-corrected chi connectivity index (χ3v) is 5.93. The number of unbranched alkanes of at least 4 members (excludes halogenated alkanes) is 4. The van der Waals surface area contributed by atoms with Crippen molar-refractivity contribution in [1.82, 2.24) is 0 Å². The van der Waals surface area contributed by atoms with Crippen molar-refractivity contribution >= 4 is 57.7 Å². The van der Waals surface area contributed by atoms with Gasteiger partial charge in [-0.2, -0.15) is 0 Å². The number of carbonyl (C=O) groups excluding carboxylic acids is 4. The van der Waals surface area contributed by atoms with Crippen LogP contribution in [-0.2, 0) is 28.5 Å². The first kappa shape index (κ1) is 32.9. The lowest BCUT2D eigenvalue weighted by molar-refractivity contribution is -0.154. The number of hydrogen-bond donors (Lipinski definition) is 0. The highest BCUT2D eigenvalue weighted by Crippen LogP contribution is 2.18. The van der Waals surface area contributed by atoms with Crippen LogP contribution in [0.2, 0.25) is 0 Å². The standard InChI is InChI=1S/C23H39ClO8S2/c1-16(11-9-7-6-8-10-12-17(2)21(26)31-18(3)24)13-20(25)32-19(14-29-22(27)33-4)15-30-23(28)34-5/h16-19H,6-15H2,1-5H3. The monoisotopic (exact) mass is 542 g/mol. The van der Waals surface area contributed by atoms with Crippen LogP contribution in [0.3, 0.4) is 0 Å². The van der Waals surface area contributed by atoms with E-state index in [4.69, 9.17) is 30.5 Å². The molecule has 8 nitrogen and oxygen atoms in total. The molecule has 0 bridgehead atoms. The number of hydrogen-bond acceptors (Lipinski definition) is 10. The van der Waals surface area contributed by atoms with Crippen LogP contribution in [0.1, 0.15) is 72.1 Å². The molecule has 0 amide bonds. The Hall–Kier alpha value is -1.13. The normalized spacial score (nSPS) is 13.6. The van der Waals surface area contributed by atoms with Crippen LogP contribution >= 0.6 is 35.1 Å². The van der Waals surface area contributed by atoms with E-state index in [0.29, 0.717) is 0 Å². The largest absolute Gasteiger partial charge is 0.455 e. The van der Waals surface area contributed by atoms with E-state index in [-0.39, 0.29) is 37.4 Å². The third-order valence-electron chi connectivity index (χ3n) is 4.94. The van der Waals surface area contributed by atoms with Crippen LogP contribution in [0.15, 0.2) is 0 Å². The van der Waals surface area contributed by atoms with Crippen molar-refractivity contribution in [3.63, 3.8) is 0 Å². The predicted octanol–water partition coefficient (Wildman–Crippen LogP) is 6.42. The average molecular weight is 543 g/mol. The summed E-state index contributed by atoms with van der Waals surface area (Å²) >= 11 is 7.48. The van der Waals surface area contributed by atoms with Crippen LogP contribution in [-0.4, -0.2) is 59.9 Å². The number of alkyl halides is 1. The Morgan fingerprint density at radius 1 is 0.765 bits per heavy atom. The van der Waals surface area contributed by atoms with E-state index >= 15 is 0 Å². The van der Waals surface area contributed by atoms with E-state index in [1.54, 1.807) is 19.4 Å². The van der Waals surface area contributed by atoms with E-state index in [1.165, 1.54) is 0 Å². The Bertz CT molecular complexity index is 598. The molecule has 0 radical (unpaired) electrons. The van der Waals surface area contributed by atoms with Gasteiger partial charge in [0.1, 0.15) is 13.2 Å². The van der Waals surface area contributed by atoms with E-state index in [0.717, 1.165) is 68.5 Å². The minimum atomic E-state index is -0.834. The number of ether oxygens (including phenoxy) is 4. The van der Waals surface area contributed by atoms with Gasteiger partial charge in [-0.1, -0.05) is 64.0 Å². The lowest BCUT2D eigenvalue weighted by Crippen LogP contribution is -2.30. The zero-order chi connectivity index (χ0) is 25.9. The highest BCUT2D eigenvalue weighted by molar-refractivity contribution is 8.12. The first-order valence-electron chi connectivity index (χ1n) is 11.5. The molecule has 3 atom stereocenters. The molecular formula is C23H39ClO8S2. The SMILES string of the molecule is CSC(=O)OCC(COC(=O)SC)OC(=O)CC(C)CCCCCCCC(C)C(=O)OC(C)Cl. The lowest BCUT2D eigenvalue weighted by atomic mass is 9.98. The van der Waals surface area contributed by atoms with E-state index in [2.05, 4.69) is 0 Å². The molecule has 0 heterocycles. The molecule has 0 aromatic heterocycles. The van der Waals surface area contributed by atoms with E-state index in [1.807, 2.05) is 13.8 Å². The molecule has 0 spiro atoms. The molecule has 0 saturated heterocycles. The first-order chi connectivity index (χ1) is 16.1. The van der Waals surface area contributed by atoms with Crippen LogP contribution < -0.4 is 0 Å². The Labute approximate surface area is 216 Å². The van der Waals surface area contributed by atoms with Gasteiger partial charge in [-0.05, 0) is 55.3 Å². The van der Waals surface area contributed by atoms with Crippen LogP contribution in [0.25, 0.3) is 0 Å². The van der Waals surface area contributed by atoms with Crippen molar-refractivity contribution in [3.05, 3.63) is 0 Å². The highest BCUT2D eigenvalue weighted by atomic mass is 35.5. The molecule has 0 rings (SSSR count). The minimum Gasteiger partial charge on any atom is -0.455 e. The summed E-state index contributed by atoms with van der Waals surface area (Å²) in [6.45, 7) is 5.14. The molecule has 11 heteroatoms. The second-order valence-electron chi connectivity index (χ2n) is 8.18. The van der Waals surface area contributed by atoms with Crippen molar-refractivity contribution in [2.75, 3.05) is 25.7 Å². The molecular weight excluding hydrogens is 504 g/mol. The zero-order valence-corrected chi connectivity index (χ0v) is 23.2. The van der Waals surface area contributed by atoms with E-state index < -0.39 is 28.2 Å². The topological polar surface area (TPSA) is 105 Å². The van der Waals surface area contributed by atoms with Crippen molar-refractivity contribution in [3.8, 4) is 0 Å². The van der Waals surface area contributed by atoms with Crippen LogP contribution in [0, 0.1) is 11.8 Å². The molecule has 0 fully saturated rings. The van der Waals surface area contributed by atoms with Crippen LogP contribution in [0.4, 0.5) is 9.59 Å². The molecule has 34 heavy (non-hydrogen) atoms. The number of halogens is 1. The van der Waals surface area contributed by atoms with Crippen molar-refractivity contribution in [1.29, 1.82) is 0 Å². The van der Waals surface area contributed by atoms with Gasteiger partial charge in [-0.25, -0.2) is 9.59 Å². The minimum absolute atomic E-state index is 0.142. The molecule has 0 aromatic carbocycles. The van der Waals surface area contributed by atoms with Gasteiger partial charge in [-0.3, -0.25) is 9.59 Å². The van der Waals surface area contributed by atoms with Crippen molar-refractivity contribution in [2.24, 2.45) is 11.8 Å². The highest BCUT2D eigenvalue weighted by Gasteiger charge is 2.21. The van der Waals surface area contributed by atoms with Gasteiger partial charge in [0.05, 0.1) is 5.92 Å². The van der Waals surface area contributed by atoms with Gasteiger partial charge >= 0.3 is 22.5 Å². The summed E-state index contributed by atoms with van der Waals surface area (Å²) in [5.74, 6) is -0.673. The Morgan fingerprint density at radius 3 is 1.76 bits per heavy atom. The summed E-state index contributed by atoms with van der Waals surface area (Å²) in [6, 6.07) is 0. The number of esters is 2. The van der Waals surface area contributed by atoms with Gasteiger partial charge < -0.3 is 18.9 Å². The Morgan fingerprint density at radius 2 is 1.26 bits per heavy atom. The van der Waals surface area contributed by atoms with Crippen molar-refractivity contribution < 1.29 is 38.1 Å². The molecule has 3 unspecified atom stereocenters. The molecule has 0 aliphatic heterocycles.